The molecule has 0 saturated heterocycles. The van der Waals surface area contributed by atoms with E-state index in [1.165, 1.54) is 11.8 Å². The number of amides is 2. The van der Waals surface area contributed by atoms with E-state index in [4.69, 9.17) is 23.2 Å². The fourth-order valence-electron chi connectivity index (χ4n) is 3.45. The first-order valence-corrected chi connectivity index (χ1v) is 12.3. The van der Waals surface area contributed by atoms with Gasteiger partial charge in [-0.15, -0.1) is 10.2 Å². The van der Waals surface area contributed by atoms with Gasteiger partial charge in [-0.05, 0) is 36.6 Å². The van der Waals surface area contributed by atoms with Crippen LogP contribution in [0.1, 0.15) is 12.7 Å². The van der Waals surface area contributed by atoms with E-state index in [-0.39, 0.29) is 24.0 Å². The molecule has 0 unspecified atom stereocenters. The highest BCUT2D eigenvalue weighted by molar-refractivity contribution is 7.99. The normalized spacial score (nSPS) is 10.9. The van der Waals surface area contributed by atoms with E-state index in [0.717, 1.165) is 16.5 Å². The zero-order valence-electron chi connectivity index (χ0n) is 18.2. The van der Waals surface area contributed by atoms with E-state index >= 15 is 0 Å². The lowest BCUT2D eigenvalue weighted by atomic mass is 10.1. The van der Waals surface area contributed by atoms with E-state index in [0.29, 0.717) is 33.3 Å². The third-order valence-corrected chi connectivity index (χ3v) is 6.73. The Hall–Kier alpha value is -3.07. The maximum Gasteiger partial charge on any atom is 0.234 e. The molecule has 0 spiro atoms. The van der Waals surface area contributed by atoms with Crippen molar-refractivity contribution in [2.24, 2.45) is 0 Å². The van der Waals surface area contributed by atoms with Crippen molar-refractivity contribution in [1.82, 2.24) is 14.8 Å². The van der Waals surface area contributed by atoms with Gasteiger partial charge in [0.15, 0.2) is 5.16 Å². The van der Waals surface area contributed by atoms with E-state index in [1.54, 1.807) is 18.2 Å². The molecule has 0 bridgehead atoms. The van der Waals surface area contributed by atoms with Gasteiger partial charge in [-0.1, -0.05) is 71.4 Å². The van der Waals surface area contributed by atoms with Crippen LogP contribution in [0.25, 0.3) is 10.8 Å². The number of rotatable bonds is 8. The van der Waals surface area contributed by atoms with Gasteiger partial charge in [-0.2, -0.15) is 0 Å². The molecule has 0 fully saturated rings. The Morgan fingerprint density at radius 3 is 2.53 bits per heavy atom. The molecular weight excluding hydrogens is 493 g/mol. The predicted octanol–water partition coefficient (Wildman–Crippen LogP) is 5.67. The van der Waals surface area contributed by atoms with Crippen molar-refractivity contribution >= 4 is 68.9 Å². The molecule has 7 nitrogen and oxygen atoms in total. The first-order valence-electron chi connectivity index (χ1n) is 10.5. The second-order valence-corrected chi connectivity index (χ2v) is 9.12. The maximum absolute atomic E-state index is 12.6. The van der Waals surface area contributed by atoms with E-state index < -0.39 is 0 Å². The minimum Gasteiger partial charge on any atom is -0.326 e. The lowest BCUT2D eigenvalue weighted by Crippen LogP contribution is -2.18. The van der Waals surface area contributed by atoms with Crippen molar-refractivity contribution in [2.75, 3.05) is 16.4 Å². The third kappa shape index (κ3) is 5.70. The van der Waals surface area contributed by atoms with Crippen LogP contribution in [-0.4, -0.2) is 32.3 Å². The molecule has 1 aromatic heterocycles. The van der Waals surface area contributed by atoms with Gasteiger partial charge in [0, 0.05) is 23.3 Å². The number of carbonyl (C=O) groups excluding carboxylic acids is 2. The van der Waals surface area contributed by atoms with Crippen LogP contribution in [0.3, 0.4) is 0 Å². The van der Waals surface area contributed by atoms with Gasteiger partial charge in [0.05, 0.1) is 22.2 Å². The molecule has 174 valence electrons. The van der Waals surface area contributed by atoms with E-state index in [9.17, 15) is 9.59 Å². The lowest BCUT2D eigenvalue weighted by Gasteiger charge is -2.10. The number of carbonyl (C=O) groups is 2. The van der Waals surface area contributed by atoms with Gasteiger partial charge in [-0.3, -0.25) is 9.59 Å². The number of thioether (sulfide) groups is 1. The number of hydrogen-bond donors (Lipinski definition) is 2. The topological polar surface area (TPSA) is 88.9 Å². The number of halogens is 2. The largest absolute Gasteiger partial charge is 0.326 e. The molecular formula is C24H21Cl2N5O2S. The molecule has 3 aromatic carbocycles. The molecule has 4 aromatic rings. The number of fused-ring (bicyclic) bond motifs is 1. The summed E-state index contributed by atoms with van der Waals surface area (Å²) < 4.78 is 1.82. The number of nitrogens with one attached hydrogen (secondary N) is 2. The minimum atomic E-state index is -0.259. The Labute approximate surface area is 210 Å². The molecule has 0 radical (unpaired) electrons. The highest BCUT2D eigenvalue weighted by Gasteiger charge is 2.16. The van der Waals surface area contributed by atoms with Gasteiger partial charge in [0.25, 0.3) is 0 Å². The Morgan fingerprint density at radius 1 is 0.941 bits per heavy atom. The molecule has 2 amide bonds. The summed E-state index contributed by atoms with van der Waals surface area (Å²) in [5.41, 5.74) is 1.31. The molecule has 0 aliphatic rings. The molecule has 34 heavy (non-hydrogen) atoms. The summed E-state index contributed by atoms with van der Waals surface area (Å²) in [4.78, 5) is 25.1. The van der Waals surface area contributed by atoms with Gasteiger partial charge in [0.2, 0.25) is 11.8 Å². The van der Waals surface area contributed by atoms with Crippen molar-refractivity contribution < 1.29 is 9.59 Å². The Morgan fingerprint density at radius 2 is 1.74 bits per heavy atom. The smallest absolute Gasteiger partial charge is 0.234 e. The summed E-state index contributed by atoms with van der Waals surface area (Å²) in [6, 6.07) is 18.5. The molecule has 0 atom stereocenters. The van der Waals surface area contributed by atoms with Crippen LogP contribution in [0.4, 0.5) is 11.4 Å². The summed E-state index contributed by atoms with van der Waals surface area (Å²) in [7, 11) is 0. The van der Waals surface area contributed by atoms with Gasteiger partial charge < -0.3 is 15.2 Å². The quantitative estimate of drug-likeness (QED) is 0.296. The number of anilines is 2. The second kappa shape index (κ2) is 10.9. The summed E-state index contributed by atoms with van der Waals surface area (Å²) in [5.74, 6) is 0.269. The molecule has 0 aliphatic carbocycles. The average Bonchev–Trinajstić information content (AvgIpc) is 3.21. The number of nitrogens with zero attached hydrogens (tertiary/aromatic N) is 3. The fourth-order valence-corrected chi connectivity index (χ4v) is 4.57. The minimum absolute atomic E-state index is 0.0316. The second-order valence-electron chi connectivity index (χ2n) is 7.36. The summed E-state index contributed by atoms with van der Waals surface area (Å²) in [6.07, 6.45) is 0.0316. The molecule has 1 heterocycles. The van der Waals surface area contributed by atoms with Crippen molar-refractivity contribution in [3.05, 3.63) is 76.5 Å². The van der Waals surface area contributed by atoms with Crippen LogP contribution in [0.15, 0.2) is 65.8 Å². The summed E-state index contributed by atoms with van der Waals surface area (Å²) in [5, 5.41) is 17.5. The van der Waals surface area contributed by atoms with Crippen molar-refractivity contribution in [2.45, 2.75) is 25.0 Å². The summed E-state index contributed by atoms with van der Waals surface area (Å²) >= 11 is 13.2. The third-order valence-electron chi connectivity index (χ3n) is 5.03. The molecule has 4 rings (SSSR count). The lowest BCUT2D eigenvalue weighted by molar-refractivity contribution is -0.116. The van der Waals surface area contributed by atoms with Crippen LogP contribution in [-0.2, 0) is 22.6 Å². The average molecular weight is 514 g/mol. The Kier molecular flexibility index (Phi) is 7.72. The maximum atomic E-state index is 12.6. The molecule has 10 heteroatoms. The number of benzene rings is 3. The summed E-state index contributed by atoms with van der Waals surface area (Å²) in [6.45, 7) is 2.50. The van der Waals surface area contributed by atoms with Crippen LogP contribution in [0, 0.1) is 0 Å². The van der Waals surface area contributed by atoms with Crippen molar-refractivity contribution in [1.29, 1.82) is 0 Å². The first-order chi connectivity index (χ1) is 16.4. The Bertz CT molecular complexity index is 1350. The SMILES string of the molecule is CCn1c(CC(=O)Nc2ccc(Cl)c(Cl)c2)nnc1SCC(=O)Nc1cccc2ccccc12. The zero-order chi connectivity index (χ0) is 24.1. The zero-order valence-corrected chi connectivity index (χ0v) is 20.5. The van der Waals surface area contributed by atoms with E-state index in [2.05, 4.69) is 20.8 Å². The fraction of sp³-hybridized carbons (Fsp3) is 0.167. The monoisotopic (exact) mass is 513 g/mol. The van der Waals surface area contributed by atoms with Crippen LogP contribution in [0.5, 0.6) is 0 Å². The highest BCUT2D eigenvalue weighted by Crippen LogP contribution is 2.26. The van der Waals surface area contributed by atoms with Gasteiger partial charge in [0.1, 0.15) is 5.82 Å². The predicted molar refractivity (Wildman–Crippen MR) is 138 cm³/mol. The number of aromatic nitrogens is 3. The Balaban J connectivity index is 1.37. The number of hydrogen-bond acceptors (Lipinski definition) is 5. The van der Waals surface area contributed by atoms with Crippen LogP contribution < -0.4 is 10.6 Å². The van der Waals surface area contributed by atoms with Crippen molar-refractivity contribution in [3.8, 4) is 0 Å². The highest BCUT2D eigenvalue weighted by atomic mass is 35.5. The molecule has 0 aliphatic heterocycles. The van der Waals surface area contributed by atoms with Gasteiger partial charge >= 0.3 is 0 Å². The van der Waals surface area contributed by atoms with E-state index in [1.807, 2.05) is 54.0 Å². The van der Waals surface area contributed by atoms with Crippen molar-refractivity contribution in [3.63, 3.8) is 0 Å². The van der Waals surface area contributed by atoms with Gasteiger partial charge in [-0.25, -0.2) is 0 Å². The molecule has 2 N–H and O–H groups in total. The standard InChI is InChI=1S/C24H21Cl2N5O2S/c1-2-31-21(13-22(32)27-16-10-11-18(25)19(26)12-16)29-30-24(31)34-14-23(33)28-20-9-5-7-15-6-3-4-8-17(15)20/h3-12H,2,13-14H2,1H3,(H,27,32)(H,28,33). The van der Waals surface area contributed by atoms with Crippen LogP contribution in [0.2, 0.25) is 10.0 Å². The first kappa shape index (κ1) is 24.1. The molecule has 0 saturated carbocycles. The van der Waals surface area contributed by atoms with Crippen LogP contribution >= 0.6 is 35.0 Å².